The second-order valence-corrected chi connectivity index (χ2v) is 7.95. The molecule has 1 aromatic carbocycles. The molecule has 2 amide bonds. The molecule has 0 aliphatic carbocycles. The van der Waals surface area contributed by atoms with Crippen LogP contribution >= 0.6 is 23.2 Å². The lowest BCUT2D eigenvalue weighted by atomic mass is 10.1. The zero-order chi connectivity index (χ0) is 21.6. The number of carbonyl (C=O) groups excluding carboxylic acids is 2. The van der Waals surface area contributed by atoms with Gasteiger partial charge in [0.05, 0.1) is 34.7 Å². The highest BCUT2D eigenvalue weighted by molar-refractivity contribution is 6.43. The molecule has 3 atom stereocenters. The highest BCUT2D eigenvalue weighted by Crippen LogP contribution is 2.27. The van der Waals surface area contributed by atoms with E-state index in [0.29, 0.717) is 30.2 Å². The number of amides is 2. The summed E-state index contributed by atoms with van der Waals surface area (Å²) in [6, 6.07) is 5.32. The predicted molar refractivity (Wildman–Crippen MR) is 109 cm³/mol. The Labute approximate surface area is 179 Å². The van der Waals surface area contributed by atoms with Crippen molar-refractivity contribution in [2.45, 2.75) is 31.0 Å². The van der Waals surface area contributed by atoms with Gasteiger partial charge in [0.25, 0.3) is 12.4 Å². The lowest BCUT2D eigenvalue weighted by Crippen LogP contribution is -2.47. The molecule has 2 fully saturated rings. The maximum Gasteiger partial charge on any atom is 0.290 e. The van der Waals surface area contributed by atoms with Crippen molar-refractivity contribution in [2.24, 2.45) is 0 Å². The zero-order valence-corrected chi connectivity index (χ0v) is 17.8. The number of halogens is 2. The van der Waals surface area contributed by atoms with Crippen LogP contribution in [0.25, 0.3) is 0 Å². The van der Waals surface area contributed by atoms with Crippen molar-refractivity contribution in [3.63, 3.8) is 0 Å². The number of ether oxygens (including phenoxy) is 1. The lowest BCUT2D eigenvalue weighted by Gasteiger charge is -2.35. The van der Waals surface area contributed by atoms with Crippen LogP contribution in [0.1, 0.15) is 23.2 Å². The number of morpholine rings is 1. The SMILES string of the molecule is CN(C)C(=O)C[C@H]1CN2C[C@@H](NC(=O)c3cccc(Cl)c3Cl)C[C@H]2CO1.O=CO. The molecule has 3 rings (SSSR count). The molecule has 2 saturated heterocycles. The quantitative estimate of drug-likeness (QED) is 0.684. The van der Waals surface area contributed by atoms with Crippen molar-refractivity contribution in [3.05, 3.63) is 33.8 Å². The number of rotatable bonds is 4. The lowest BCUT2D eigenvalue weighted by molar-refractivity contribution is -0.134. The largest absolute Gasteiger partial charge is 0.483 e. The minimum absolute atomic E-state index is 0.0226. The van der Waals surface area contributed by atoms with Crippen LogP contribution in [0.4, 0.5) is 0 Å². The van der Waals surface area contributed by atoms with Gasteiger partial charge in [-0.05, 0) is 18.6 Å². The first-order valence-electron chi connectivity index (χ1n) is 9.15. The van der Waals surface area contributed by atoms with Gasteiger partial charge in [0.1, 0.15) is 0 Å². The smallest absolute Gasteiger partial charge is 0.290 e. The molecule has 2 aliphatic rings. The maximum atomic E-state index is 12.5. The predicted octanol–water partition coefficient (Wildman–Crippen LogP) is 1.74. The molecule has 2 N–H and O–H groups in total. The van der Waals surface area contributed by atoms with Crippen molar-refractivity contribution < 1.29 is 24.2 Å². The summed E-state index contributed by atoms with van der Waals surface area (Å²) in [7, 11) is 3.49. The first-order chi connectivity index (χ1) is 13.8. The number of nitrogens with one attached hydrogen (secondary N) is 1. The Morgan fingerprint density at radius 3 is 2.69 bits per heavy atom. The third-order valence-corrected chi connectivity index (χ3v) is 5.74. The molecule has 0 bridgehead atoms. The third-order valence-electron chi connectivity index (χ3n) is 4.92. The van der Waals surface area contributed by atoms with Crippen molar-refractivity contribution in [1.82, 2.24) is 15.1 Å². The summed E-state index contributed by atoms with van der Waals surface area (Å²) in [6.07, 6.45) is 1.10. The highest BCUT2D eigenvalue weighted by Gasteiger charge is 2.38. The van der Waals surface area contributed by atoms with Gasteiger partial charge < -0.3 is 20.1 Å². The van der Waals surface area contributed by atoms with E-state index in [1.165, 1.54) is 0 Å². The number of fused-ring (bicyclic) bond motifs is 1. The Bertz CT molecular complexity index is 747. The number of carboxylic acid groups (broad SMARTS) is 1. The normalized spacial score (nSPS) is 23.4. The molecule has 0 radical (unpaired) electrons. The number of benzene rings is 1. The first kappa shape index (κ1) is 23.4. The molecule has 2 aliphatic heterocycles. The summed E-state index contributed by atoms with van der Waals surface area (Å²) in [5, 5.41) is 10.6. The van der Waals surface area contributed by atoms with Crippen LogP contribution in [-0.4, -0.2) is 85.2 Å². The van der Waals surface area contributed by atoms with Gasteiger partial charge in [-0.15, -0.1) is 0 Å². The van der Waals surface area contributed by atoms with Crippen LogP contribution in [0.15, 0.2) is 18.2 Å². The Hall–Kier alpha value is -1.87. The van der Waals surface area contributed by atoms with Gasteiger partial charge in [-0.25, -0.2) is 0 Å². The van der Waals surface area contributed by atoms with Gasteiger partial charge in [-0.2, -0.15) is 0 Å². The van der Waals surface area contributed by atoms with E-state index >= 15 is 0 Å². The molecule has 10 heteroatoms. The van der Waals surface area contributed by atoms with Crippen LogP contribution in [0.5, 0.6) is 0 Å². The number of nitrogens with zero attached hydrogens (tertiary/aromatic N) is 2. The second-order valence-electron chi connectivity index (χ2n) is 7.17. The second kappa shape index (κ2) is 10.8. The Balaban J connectivity index is 0.000000941. The van der Waals surface area contributed by atoms with Gasteiger partial charge in [-0.3, -0.25) is 19.3 Å². The molecule has 0 unspecified atom stereocenters. The van der Waals surface area contributed by atoms with Gasteiger partial charge in [-0.1, -0.05) is 29.3 Å². The van der Waals surface area contributed by atoms with E-state index in [1.807, 2.05) is 0 Å². The fourth-order valence-electron chi connectivity index (χ4n) is 3.49. The van der Waals surface area contributed by atoms with E-state index in [4.69, 9.17) is 37.8 Å². The molecule has 2 heterocycles. The van der Waals surface area contributed by atoms with Gasteiger partial charge in [0.15, 0.2) is 0 Å². The number of hydrogen-bond donors (Lipinski definition) is 2. The molecular weight excluding hydrogens is 421 g/mol. The minimum atomic E-state index is -0.250. The molecule has 8 nitrogen and oxygen atoms in total. The Morgan fingerprint density at radius 2 is 2.03 bits per heavy atom. The number of carbonyl (C=O) groups is 3. The van der Waals surface area contributed by atoms with Crippen molar-refractivity contribution in [1.29, 1.82) is 0 Å². The molecular formula is C19H25Cl2N3O5. The van der Waals surface area contributed by atoms with Gasteiger partial charge in [0, 0.05) is 39.3 Å². The molecule has 0 spiro atoms. The Kier molecular flexibility index (Phi) is 8.70. The maximum absolute atomic E-state index is 12.5. The van der Waals surface area contributed by atoms with Crippen LogP contribution in [0.3, 0.4) is 0 Å². The van der Waals surface area contributed by atoms with E-state index < -0.39 is 0 Å². The van der Waals surface area contributed by atoms with Crippen molar-refractivity contribution >= 4 is 41.5 Å². The third kappa shape index (κ3) is 6.30. The van der Waals surface area contributed by atoms with Crippen molar-refractivity contribution in [2.75, 3.05) is 33.8 Å². The van der Waals surface area contributed by atoms with E-state index in [2.05, 4.69) is 10.2 Å². The average Bonchev–Trinajstić information content (AvgIpc) is 3.05. The monoisotopic (exact) mass is 445 g/mol. The van der Waals surface area contributed by atoms with E-state index in [1.54, 1.807) is 37.2 Å². The highest BCUT2D eigenvalue weighted by atomic mass is 35.5. The van der Waals surface area contributed by atoms with Crippen LogP contribution in [0, 0.1) is 0 Å². The standard InChI is InChI=1S/C18H23Cl2N3O3.CH2O2/c1-22(2)16(24)7-13-9-23-8-11(6-12(23)10-26-13)21-18(25)14-4-3-5-15(19)17(14)20;2-1-3/h3-5,11-13H,6-10H2,1-2H3,(H,21,25);1H,(H,2,3)/t11-,12-,13-;/m0./s1. The zero-order valence-electron chi connectivity index (χ0n) is 16.3. The van der Waals surface area contributed by atoms with Gasteiger partial charge >= 0.3 is 0 Å². The van der Waals surface area contributed by atoms with Crippen molar-refractivity contribution in [3.8, 4) is 0 Å². The van der Waals surface area contributed by atoms with E-state index in [0.717, 1.165) is 13.0 Å². The minimum Gasteiger partial charge on any atom is -0.483 e. The molecule has 0 aromatic heterocycles. The summed E-state index contributed by atoms with van der Waals surface area (Å²) >= 11 is 12.1. The van der Waals surface area contributed by atoms with E-state index in [-0.39, 0.29) is 41.5 Å². The molecule has 0 saturated carbocycles. The topological polar surface area (TPSA) is 99.2 Å². The summed E-state index contributed by atoms with van der Waals surface area (Å²) < 4.78 is 5.85. The molecule has 29 heavy (non-hydrogen) atoms. The van der Waals surface area contributed by atoms with Crippen LogP contribution in [0.2, 0.25) is 10.0 Å². The van der Waals surface area contributed by atoms with Gasteiger partial charge in [0.2, 0.25) is 5.91 Å². The van der Waals surface area contributed by atoms with E-state index in [9.17, 15) is 9.59 Å². The summed E-state index contributed by atoms with van der Waals surface area (Å²) in [5.41, 5.74) is 0.384. The number of hydrogen-bond acceptors (Lipinski definition) is 5. The fraction of sp³-hybridized carbons (Fsp3) is 0.526. The summed E-state index contributed by atoms with van der Waals surface area (Å²) in [4.78, 5) is 36.6. The first-order valence-corrected chi connectivity index (χ1v) is 9.90. The Morgan fingerprint density at radius 1 is 1.34 bits per heavy atom. The molecule has 160 valence electrons. The van der Waals surface area contributed by atoms with Crippen LogP contribution < -0.4 is 5.32 Å². The molecule has 1 aromatic rings. The summed E-state index contributed by atoms with van der Waals surface area (Å²) in [5.74, 6) is -0.157. The average molecular weight is 446 g/mol. The summed E-state index contributed by atoms with van der Waals surface area (Å²) in [6.45, 7) is 1.77. The fourth-order valence-corrected chi connectivity index (χ4v) is 3.88. The van der Waals surface area contributed by atoms with Crippen LogP contribution in [-0.2, 0) is 14.3 Å².